The Morgan fingerprint density at radius 1 is 1.05 bits per heavy atom. The molecule has 2 amide bonds. The highest BCUT2D eigenvalue weighted by molar-refractivity contribution is 6.30. The van der Waals surface area contributed by atoms with E-state index in [1.807, 2.05) is 43.3 Å². The van der Waals surface area contributed by atoms with Crippen molar-refractivity contribution >= 4 is 34.2 Å². The fourth-order valence-corrected chi connectivity index (χ4v) is 4.56. The van der Waals surface area contributed by atoms with Crippen LogP contribution in [0.15, 0.2) is 77.6 Å². The molecule has 0 radical (unpaired) electrons. The van der Waals surface area contributed by atoms with Gasteiger partial charge in [0.1, 0.15) is 11.6 Å². The lowest BCUT2D eigenvalue weighted by atomic mass is 10.1. The number of amides is 2. The van der Waals surface area contributed by atoms with Crippen LogP contribution in [0.1, 0.15) is 39.1 Å². The molecule has 1 atom stereocenters. The zero-order valence-corrected chi connectivity index (χ0v) is 22.2. The van der Waals surface area contributed by atoms with Gasteiger partial charge in [0, 0.05) is 17.3 Å². The molecule has 3 aromatic carbocycles. The van der Waals surface area contributed by atoms with E-state index in [1.165, 1.54) is 0 Å². The summed E-state index contributed by atoms with van der Waals surface area (Å²) < 4.78 is 7.19. The first-order chi connectivity index (χ1) is 17.8. The van der Waals surface area contributed by atoms with Crippen molar-refractivity contribution in [2.24, 2.45) is 5.92 Å². The van der Waals surface area contributed by atoms with Crippen LogP contribution in [0.3, 0.4) is 0 Å². The van der Waals surface area contributed by atoms with Crippen LogP contribution in [0.25, 0.3) is 16.6 Å². The van der Waals surface area contributed by atoms with Gasteiger partial charge in [-0.2, -0.15) is 0 Å². The van der Waals surface area contributed by atoms with E-state index in [4.69, 9.17) is 21.3 Å². The van der Waals surface area contributed by atoms with E-state index in [0.717, 1.165) is 0 Å². The van der Waals surface area contributed by atoms with Gasteiger partial charge in [0.15, 0.2) is 0 Å². The predicted molar refractivity (Wildman–Crippen MR) is 149 cm³/mol. The average Bonchev–Trinajstić information content (AvgIpc) is 2.90. The standard InChI is InChI=1S/C29H31ClN4O3/c1-5-24(33(18-19(2)3)29(36)31-21-16-14-20(30)15-17-21)27-32-23-11-7-6-10-22(23)28(35)34(27)25-12-8-9-13-26(25)37-4/h6-17,19,24H,5,18H2,1-4H3,(H,31,36). The third-order valence-electron chi connectivity index (χ3n) is 6.11. The lowest BCUT2D eigenvalue weighted by Crippen LogP contribution is -2.42. The van der Waals surface area contributed by atoms with Gasteiger partial charge in [0.2, 0.25) is 0 Å². The molecule has 1 aromatic heterocycles. The van der Waals surface area contributed by atoms with Gasteiger partial charge < -0.3 is 15.0 Å². The van der Waals surface area contributed by atoms with Crippen LogP contribution in [-0.4, -0.2) is 34.1 Å². The number of hydrogen-bond acceptors (Lipinski definition) is 4. The number of hydrogen-bond donors (Lipinski definition) is 1. The fraction of sp³-hybridized carbons (Fsp3) is 0.276. The zero-order valence-electron chi connectivity index (χ0n) is 21.4. The minimum absolute atomic E-state index is 0.178. The van der Waals surface area contributed by atoms with Crippen LogP contribution in [0.4, 0.5) is 10.5 Å². The quantitative estimate of drug-likeness (QED) is 0.282. The maximum Gasteiger partial charge on any atom is 0.322 e. The van der Waals surface area contributed by atoms with Gasteiger partial charge in [-0.15, -0.1) is 0 Å². The molecule has 0 saturated heterocycles. The Morgan fingerprint density at radius 3 is 2.41 bits per heavy atom. The highest BCUT2D eigenvalue weighted by atomic mass is 35.5. The van der Waals surface area contributed by atoms with Gasteiger partial charge in [-0.05, 0) is 60.9 Å². The Labute approximate surface area is 221 Å². The number of fused-ring (bicyclic) bond motifs is 1. The topological polar surface area (TPSA) is 76.5 Å². The molecule has 192 valence electrons. The Balaban J connectivity index is 1.90. The maximum absolute atomic E-state index is 13.9. The first-order valence-electron chi connectivity index (χ1n) is 12.3. The minimum Gasteiger partial charge on any atom is -0.495 e. The van der Waals surface area contributed by atoms with Crippen molar-refractivity contribution in [2.75, 3.05) is 19.0 Å². The highest BCUT2D eigenvalue weighted by Gasteiger charge is 2.30. The molecule has 0 aliphatic carbocycles. The molecule has 4 rings (SSSR count). The molecule has 0 aliphatic heterocycles. The number of carbonyl (C=O) groups is 1. The normalized spacial score (nSPS) is 11.9. The number of urea groups is 1. The Hall–Kier alpha value is -3.84. The van der Waals surface area contributed by atoms with E-state index >= 15 is 0 Å². The van der Waals surface area contributed by atoms with Gasteiger partial charge in [-0.3, -0.25) is 9.36 Å². The summed E-state index contributed by atoms with van der Waals surface area (Å²) in [5.74, 6) is 1.19. The smallest absolute Gasteiger partial charge is 0.322 e. The van der Waals surface area contributed by atoms with Crippen molar-refractivity contribution in [1.29, 1.82) is 0 Å². The first-order valence-corrected chi connectivity index (χ1v) is 12.7. The summed E-state index contributed by atoms with van der Waals surface area (Å²) in [7, 11) is 1.57. The highest BCUT2D eigenvalue weighted by Crippen LogP contribution is 2.30. The summed E-state index contributed by atoms with van der Waals surface area (Å²) in [5.41, 5.74) is 1.57. The summed E-state index contributed by atoms with van der Waals surface area (Å²) in [4.78, 5) is 34.3. The van der Waals surface area contributed by atoms with Crippen LogP contribution >= 0.6 is 11.6 Å². The van der Waals surface area contributed by atoms with E-state index in [9.17, 15) is 9.59 Å². The second-order valence-electron chi connectivity index (χ2n) is 9.21. The van der Waals surface area contributed by atoms with Crippen molar-refractivity contribution in [2.45, 2.75) is 33.2 Å². The van der Waals surface area contributed by atoms with E-state index < -0.39 is 6.04 Å². The van der Waals surface area contributed by atoms with Gasteiger partial charge in [-0.25, -0.2) is 9.78 Å². The third-order valence-corrected chi connectivity index (χ3v) is 6.36. The summed E-state index contributed by atoms with van der Waals surface area (Å²) in [5, 5.41) is 4.06. The van der Waals surface area contributed by atoms with Crippen molar-refractivity contribution in [3.63, 3.8) is 0 Å². The van der Waals surface area contributed by atoms with E-state index in [2.05, 4.69) is 19.2 Å². The van der Waals surface area contributed by atoms with Crippen molar-refractivity contribution in [3.05, 3.63) is 94.0 Å². The largest absolute Gasteiger partial charge is 0.495 e. The van der Waals surface area contributed by atoms with E-state index in [0.29, 0.717) is 51.8 Å². The lowest BCUT2D eigenvalue weighted by Gasteiger charge is -2.33. The Bertz CT molecular complexity index is 1450. The Morgan fingerprint density at radius 2 is 1.73 bits per heavy atom. The third kappa shape index (κ3) is 5.62. The molecular formula is C29H31ClN4O3. The molecule has 0 aliphatic rings. The van der Waals surface area contributed by atoms with Gasteiger partial charge >= 0.3 is 6.03 Å². The molecule has 1 unspecified atom stereocenters. The number of ether oxygens (including phenoxy) is 1. The molecule has 37 heavy (non-hydrogen) atoms. The molecule has 0 fully saturated rings. The number of aromatic nitrogens is 2. The summed E-state index contributed by atoms with van der Waals surface area (Å²) in [6, 6.07) is 20.8. The monoisotopic (exact) mass is 518 g/mol. The number of methoxy groups -OCH3 is 1. The second-order valence-corrected chi connectivity index (χ2v) is 9.64. The summed E-state index contributed by atoms with van der Waals surface area (Å²) >= 11 is 6.02. The maximum atomic E-state index is 13.9. The molecule has 4 aromatic rings. The molecule has 1 heterocycles. The number of para-hydroxylation sites is 3. The molecule has 7 nitrogen and oxygen atoms in total. The predicted octanol–water partition coefficient (Wildman–Crippen LogP) is 6.69. The van der Waals surface area contributed by atoms with Crippen LogP contribution in [0, 0.1) is 5.92 Å². The minimum atomic E-state index is -0.489. The van der Waals surface area contributed by atoms with Crippen LogP contribution in [0.2, 0.25) is 5.02 Å². The fourth-order valence-electron chi connectivity index (χ4n) is 4.44. The van der Waals surface area contributed by atoms with Crippen LogP contribution in [-0.2, 0) is 0 Å². The molecule has 0 spiro atoms. The number of carbonyl (C=O) groups excluding carboxylic acids is 1. The summed E-state index contributed by atoms with van der Waals surface area (Å²) in [6.07, 6.45) is 0.542. The molecular weight excluding hydrogens is 488 g/mol. The van der Waals surface area contributed by atoms with E-state index in [-0.39, 0.29) is 17.5 Å². The lowest BCUT2D eigenvalue weighted by molar-refractivity contribution is 0.171. The van der Waals surface area contributed by atoms with Gasteiger partial charge in [0.25, 0.3) is 5.56 Å². The number of rotatable bonds is 8. The molecule has 8 heteroatoms. The SMILES string of the molecule is CCC(c1nc2ccccc2c(=O)n1-c1ccccc1OC)N(CC(C)C)C(=O)Nc1ccc(Cl)cc1. The van der Waals surface area contributed by atoms with E-state index in [1.54, 1.807) is 53.0 Å². The number of benzene rings is 3. The van der Waals surface area contributed by atoms with Crippen molar-refractivity contribution < 1.29 is 9.53 Å². The van der Waals surface area contributed by atoms with Gasteiger partial charge in [-0.1, -0.05) is 56.6 Å². The number of nitrogens with one attached hydrogen (secondary N) is 1. The van der Waals surface area contributed by atoms with Crippen LogP contribution < -0.4 is 15.6 Å². The number of nitrogens with zero attached hydrogens (tertiary/aromatic N) is 3. The zero-order chi connectivity index (χ0) is 26.5. The second kappa shape index (κ2) is 11.5. The van der Waals surface area contributed by atoms with Crippen LogP contribution in [0.5, 0.6) is 5.75 Å². The molecule has 1 N–H and O–H groups in total. The number of halogens is 1. The van der Waals surface area contributed by atoms with Gasteiger partial charge in [0.05, 0.1) is 29.7 Å². The molecule has 0 saturated carbocycles. The number of anilines is 1. The van der Waals surface area contributed by atoms with Crippen molar-refractivity contribution in [3.8, 4) is 11.4 Å². The average molecular weight is 519 g/mol. The van der Waals surface area contributed by atoms with Crippen molar-refractivity contribution in [1.82, 2.24) is 14.5 Å². The summed E-state index contributed by atoms with van der Waals surface area (Å²) in [6.45, 7) is 6.56. The first kappa shape index (κ1) is 26.2. The molecule has 0 bridgehead atoms. The Kier molecular flexibility index (Phi) is 8.14.